The van der Waals surface area contributed by atoms with E-state index >= 15 is 0 Å². The van der Waals surface area contributed by atoms with E-state index in [2.05, 4.69) is 20.6 Å². The second-order valence-electron chi connectivity index (χ2n) is 6.98. The van der Waals surface area contributed by atoms with Gasteiger partial charge in [0.15, 0.2) is 0 Å². The number of ether oxygens (including phenoxy) is 1. The Hall–Kier alpha value is -2.63. The van der Waals surface area contributed by atoms with Gasteiger partial charge in [-0.15, -0.1) is 0 Å². The van der Waals surface area contributed by atoms with Crippen LogP contribution in [0.25, 0.3) is 0 Å². The van der Waals surface area contributed by atoms with Crippen molar-refractivity contribution in [3.05, 3.63) is 54.3 Å². The van der Waals surface area contributed by atoms with Crippen molar-refractivity contribution >= 4 is 5.91 Å². The molecule has 4 rings (SSSR count). The largest absolute Gasteiger partial charge is 0.475 e. The lowest BCUT2D eigenvalue weighted by Crippen LogP contribution is -2.42. The summed E-state index contributed by atoms with van der Waals surface area (Å²) in [6.07, 6.45) is 12.8. The summed E-state index contributed by atoms with van der Waals surface area (Å²) in [5, 5.41) is 0. The van der Waals surface area contributed by atoms with E-state index in [1.165, 1.54) is 18.4 Å². The summed E-state index contributed by atoms with van der Waals surface area (Å²) in [5.41, 5.74) is 2.35. The molecule has 0 bridgehead atoms. The van der Waals surface area contributed by atoms with Gasteiger partial charge in [0.2, 0.25) is 11.8 Å². The van der Waals surface area contributed by atoms with Crippen LogP contribution in [0.15, 0.2) is 48.6 Å². The average Bonchev–Trinajstić information content (AvgIpc) is 3.16. The Kier molecular flexibility index (Phi) is 5.00. The Bertz CT molecular complexity index is 784. The van der Waals surface area contributed by atoms with Crippen molar-refractivity contribution in [1.82, 2.24) is 19.4 Å². The first-order valence-corrected chi connectivity index (χ1v) is 9.30. The van der Waals surface area contributed by atoms with Crippen molar-refractivity contribution in [1.29, 1.82) is 0 Å². The average molecular weight is 352 g/mol. The van der Waals surface area contributed by atoms with Gasteiger partial charge in [0.1, 0.15) is 6.61 Å². The molecular formula is C20H24N4O2. The maximum absolute atomic E-state index is 12.8. The molecule has 0 aromatic carbocycles. The first-order valence-electron chi connectivity index (χ1n) is 9.30. The highest BCUT2D eigenvalue weighted by atomic mass is 16.5. The summed E-state index contributed by atoms with van der Waals surface area (Å²) in [7, 11) is 0. The lowest BCUT2D eigenvalue weighted by Gasteiger charge is -2.34. The number of nitrogens with zero attached hydrogens (tertiary/aromatic N) is 4. The molecule has 2 aromatic rings. The summed E-state index contributed by atoms with van der Waals surface area (Å²) in [4.78, 5) is 23.2. The van der Waals surface area contributed by atoms with Gasteiger partial charge in [0, 0.05) is 31.4 Å². The van der Waals surface area contributed by atoms with Crippen LogP contribution in [0, 0.1) is 0 Å². The van der Waals surface area contributed by atoms with Gasteiger partial charge in [-0.25, -0.2) is 9.97 Å². The zero-order chi connectivity index (χ0) is 17.8. The zero-order valence-corrected chi connectivity index (χ0v) is 14.9. The molecule has 0 fully saturated rings. The van der Waals surface area contributed by atoms with E-state index in [-0.39, 0.29) is 11.9 Å². The molecule has 26 heavy (non-hydrogen) atoms. The number of imidazole rings is 1. The summed E-state index contributed by atoms with van der Waals surface area (Å²) in [6, 6.07) is 5.66. The Balaban J connectivity index is 1.43. The van der Waals surface area contributed by atoms with E-state index in [4.69, 9.17) is 4.74 Å². The molecule has 136 valence electrons. The third-order valence-electron chi connectivity index (χ3n) is 5.10. The van der Waals surface area contributed by atoms with E-state index in [0.717, 1.165) is 18.5 Å². The number of amides is 1. The highest BCUT2D eigenvalue weighted by Gasteiger charge is 2.28. The van der Waals surface area contributed by atoms with Crippen molar-refractivity contribution in [3.63, 3.8) is 0 Å². The number of allylic oxidation sites excluding steroid dienone is 1. The van der Waals surface area contributed by atoms with Gasteiger partial charge < -0.3 is 14.2 Å². The SMILES string of the molecule is O=C(CC1=CCCCC1)N1Cc2cncn2[C@@H](COc2ccccn2)C1. The van der Waals surface area contributed by atoms with Crippen molar-refractivity contribution in [2.75, 3.05) is 13.2 Å². The Morgan fingerprint density at radius 1 is 1.31 bits per heavy atom. The van der Waals surface area contributed by atoms with Crippen LogP contribution in [0.1, 0.15) is 43.8 Å². The fraction of sp³-hybridized carbons (Fsp3) is 0.450. The molecule has 0 unspecified atom stereocenters. The number of carbonyl (C=O) groups excluding carboxylic acids is 1. The Labute approximate surface area is 153 Å². The third-order valence-corrected chi connectivity index (χ3v) is 5.10. The van der Waals surface area contributed by atoms with Crippen LogP contribution in [-0.2, 0) is 11.3 Å². The molecule has 0 saturated heterocycles. The number of hydrogen-bond acceptors (Lipinski definition) is 4. The summed E-state index contributed by atoms with van der Waals surface area (Å²) in [6.45, 7) is 1.72. The molecule has 1 aliphatic heterocycles. The van der Waals surface area contributed by atoms with Crippen LogP contribution in [-0.4, -0.2) is 38.5 Å². The quantitative estimate of drug-likeness (QED) is 0.776. The molecule has 0 radical (unpaired) electrons. The van der Waals surface area contributed by atoms with Crippen molar-refractivity contribution in [2.45, 2.75) is 44.7 Å². The molecule has 2 aromatic heterocycles. The standard InChI is InChI=1S/C20H24N4O2/c25-20(10-16-6-2-1-3-7-16)23-12-17-11-21-15-24(17)18(13-23)14-26-19-8-4-5-9-22-19/h4-6,8-9,11,15,18H,1-3,7,10,12-14H2/t18-/m1/s1. The van der Waals surface area contributed by atoms with Crippen molar-refractivity contribution in [2.24, 2.45) is 0 Å². The number of pyridine rings is 1. The van der Waals surface area contributed by atoms with Crippen LogP contribution in [0.5, 0.6) is 5.88 Å². The molecule has 0 spiro atoms. The maximum Gasteiger partial charge on any atom is 0.227 e. The molecule has 1 atom stereocenters. The van der Waals surface area contributed by atoms with E-state index in [1.807, 2.05) is 35.6 Å². The number of hydrogen-bond donors (Lipinski definition) is 0. The predicted octanol–water partition coefficient (Wildman–Crippen LogP) is 3.13. The van der Waals surface area contributed by atoms with Gasteiger partial charge in [-0.2, -0.15) is 0 Å². The van der Waals surface area contributed by atoms with Gasteiger partial charge >= 0.3 is 0 Å². The second kappa shape index (κ2) is 7.72. The van der Waals surface area contributed by atoms with Gasteiger partial charge in [-0.1, -0.05) is 17.7 Å². The maximum atomic E-state index is 12.8. The van der Waals surface area contributed by atoms with Gasteiger partial charge in [-0.3, -0.25) is 4.79 Å². The number of fused-ring (bicyclic) bond motifs is 1. The van der Waals surface area contributed by atoms with Gasteiger partial charge in [0.05, 0.1) is 24.6 Å². The predicted molar refractivity (Wildman–Crippen MR) is 97.6 cm³/mol. The zero-order valence-electron chi connectivity index (χ0n) is 14.9. The van der Waals surface area contributed by atoms with Crippen LogP contribution in [0.2, 0.25) is 0 Å². The van der Waals surface area contributed by atoms with E-state index in [9.17, 15) is 4.79 Å². The van der Waals surface area contributed by atoms with Gasteiger partial charge in [0.25, 0.3) is 0 Å². The molecule has 1 amide bonds. The Morgan fingerprint density at radius 2 is 2.27 bits per heavy atom. The highest BCUT2D eigenvalue weighted by Crippen LogP contribution is 2.25. The minimum atomic E-state index is 0.0486. The lowest BCUT2D eigenvalue weighted by atomic mass is 9.96. The van der Waals surface area contributed by atoms with Crippen molar-refractivity contribution in [3.8, 4) is 5.88 Å². The number of carbonyl (C=O) groups is 1. The third kappa shape index (κ3) is 3.79. The fourth-order valence-electron chi connectivity index (χ4n) is 3.69. The van der Waals surface area contributed by atoms with Crippen LogP contribution in [0.3, 0.4) is 0 Å². The molecular weight excluding hydrogens is 328 g/mol. The molecule has 1 aliphatic carbocycles. The first kappa shape index (κ1) is 16.8. The molecule has 6 nitrogen and oxygen atoms in total. The molecule has 0 N–H and O–H groups in total. The van der Waals surface area contributed by atoms with E-state index < -0.39 is 0 Å². The van der Waals surface area contributed by atoms with Crippen LogP contribution in [0.4, 0.5) is 0 Å². The summed E-state index contributed by atoms with van der Waals surface area (Å²) >= 11 is 0. The fourth-order valence-corrected chi connectivity index (χ4v) is 3.69. The highest BCUT2D eigenvalue weighted by molar-refractivity contribution is 5.79. The van der Waals surface area contributed by atoms with Gasteiger partial charge in [-0.05, 0) is 31.7 Å². The Morgan fingerprint density at radius 3 is 3.08 bits per heavy atom. The topological polar surface area (TPSA) is 60.2 Å². The minimum Gasteiger partial charge on any atom is -0.475 e. The molecule has 0 saturated carbocycles. The normalized spacial score (nSPS) is 19.6. The smallest absolute Gasteiger partial charge is 0.227 e. The summed E-state index contributed by atoms with van der Waals surface area (Å²) in [5.74, 6) is 0.804. The minimum absolute atomic E-state index is 0.0486. The van der Waals surface area contributed by atoms with Crippen molar-refractivity contribution < 1.29 is 9.53 Å². The first-order chi connectivity index (χ1) is 12.8. The van der Waals surface area contributed by atoms with Crippen LogP contribution < -0.4 is 4.74 Å². The summed E-state index contributed by atoms with van der Waals surface area (Å²) < 4.78 is 7.96. The second-order valence-corrected chi connectivity index (χ2v) is 6.98. The molecule has 2 aliphatic rings. The monoisotopic (exact) mass is 352 g/mol. The molecule has 3 heterocycles. The number of aromatic nitrogens is 3. The van der Waals surface area contributed by atoms with Crippen LogP contribution >= 0.6 is 0 Å². The van der Waals surface area contributed by atoms with E-state index in [1.54, 1.807) is 6.20 Å². The lowest BCUT2D eigenvalue weighted by molar-refractivity contribution is -0.132. The van der Waals surface area contributed by atoms with E-state index in [0.29, 0.717) is 32.0 Å². The number of rotatable bonds is 5. The molecule has 6 heteroatoms.